The molecule has 0 saturated carbocycles. The summed E-state index contributed by atoms with van der Waals surface area (Å²) in [5.41, 5.74) is -0.0831. The minimum absolute atomic E-state index is 0.122. The maximum Gasteiger partial charge on any atom is 0.416 e. The zero-order valence-electron chi connectivity index (χ0n) is 18.8. The fourth-order valence-electron chi connectivity index (χ4n) is 2.83. The number of unbranched alkanes of at least 4 members (excludes halogenated alkanes) is 2. The normalized spacial score (nSPS) is 13.4. The Bertz CT molecular complexity index is 918. The van der Waals surface area contributed by atoms with Crippen LogP contribution >= 0.6 is 7.60 Å². The third-order valence-electron chi connectivity index (χ3n) is 4.72. The van der Waals surface area contributed by atoms with Crippen LogP contribution in [0.3, 0.4) is 0 Å². The predicted molar refractivity (Wildman–Crippen MR) is 124 cm³/mol. The number of alkyl halides is 3. The topological polar surface area (TPSA) is 47.6 Å². The van der Waals surface area contributed by atoms with E-state index < -0.39 is 30.9 Å². The summed E-state index contributed by atoms with van der Waals surface area (Å²) >= 11 is 0. The molecule has 182 valence electrons. The molecule has 0 radical (unpaired) electrons. The zero-order valence-corrected chi connectivity index (χ0v) is 19.7. The number of hydrogen-bond acceptors (Lipinski definition) is 4. The third-order valence-corrected chi connectivity index (χ3v) is 6.79. The zero-order chi connectivity index (χ0) is 24.3. The maximum atomic E-state index is 13.8. The van der Waals surface area contributed by atoms with Gasteiger partial charge in [-0.3, -0.25) is 4.57 Å². The lowest BCUT2D eigenvalue weighted by Gasteiger charge is -2.27. The van der Waals surface area contributed by atoms with Gasteiger partial charge in [0.15, 0.2) is 0 Å². The Hall–Kier alpha value is -2.15. The van der Waals surface area contributed by atoms with Gasteiger partial charge in [-0.15, -0.1) is 0 Å². The largest absolute Gasteiger partial charge is 0.416 e. The highest BCUT2D eigenvalue weighted by Crippen LogP contribution is 2.54. The van der Waals surface area contributed by atoms with Crippen LogP contribution in [-0.4, -0.2) is 19.0 Å². The molecule has 33 heavy (non-hydrogen) atoms. The molecule has 1 atom stereocenters. The first-order chi connectivity index (χ1) is 15.7. The van der Waals surface area contributed by atoms with Gasteiger partial charge >= 0.3 is 13.8 Å². The first-order valence-electron chi connectivity index (χ1n) is 10.9. The van der Waals surface area contributed by atoms with Crippen molar-refractivity contribution in [3.63, 3.8) is 0 Å². The molecule has 2 aromatic carbocycles. The van der Waals surface area contributed by atoms with Gasteiger partial charge in [0.05, 0.1) is 18.8 Å². The van der Waals surface area contributed by atoms with E-state index in [-0.39, 0.29) is 18.9 Å². The minimum atomic E-state index is -4.52. The van der Waals surface area contributed by atoms with Gasteiger partial charge in [-0.05, 0) is 54.8 Å². The molecule has 0 fully saturated rings. The van der Waals surface area contributed by atoms with Gasteiger partial charge in [0.25, 0.3) is 0 Å². The molecule has 2 rings (SSSR count). The maximum absolute atomic E-state index is 13.8. The molecule has 0 saturated heterocycles. The Morgan fingerprint density at radius 2 is 1.61 bits per heavy atom. The van der Waals surface area contributed by atoms with Crippen molar-refractivity contribution in [2.75, 3.05) is 18.5 Å². The fourth-order valence-corrected chi connectivity index (χ4v) is 4.60. The molecule has 0 aromatic heterocycles. The van der Waals surface area contributed by atoms with E-state index in [1.165, 1.54) is 42.5 Å². The molecule has 1 N–H and O–H groups in total. The van der Waals surface area contributed by atoms with Crippen molar-refractivity contribution in [2.24, 2.45) is 0 Å². The highest BCUT2D eigenvalue weighted by Gasteiger charge is 2.35. The van der Waals surface area contributed by atoms with Gasteiger partial charge < -0.3 is 14.4 Å². The van der Waals surface area contributed by atoms with Crippen molar-refractivity contribution < 1.29 is 31.2 Å². The predicted octanol–water partition coefficient (Wildman–Crippen LogP) is 8.12. The monoisotopic (exact) mass is 487 g/mol. The number of nitrogens with one attached hydrogen (secondary N) is 1. The lowest BCUT2D eigenvalue weighted by molar-refractivity contribution is -0.137. The van der Waals surface area contributed by atoms with Crippen LogP contribution < -0.4 is 5.32 Å². The van der Waals surface area contributed by atoms with E-state index in [4.69, 9.17) is 9.05 Å². The Kier molecular flexibility index (Phi) is 10.6. The molecular weight excluding hydrogens is 457 g/mol. The number of benzene rings is 2. The van der Waals surface area contributed by atoms with Gasteiger partial charge in [-0.25, -0.2) is 4.39 Å². The summed E-state index contributed by atoms with van der Waals surface area (Å²) in [6.07, 6.45) is 1.53. The Labute approximate surface area is 192 Å². The van der Waals surface area contributed by atoms with Crippen LogP contribution in [0.4, 0.5) is 23.2 Å². The minimum Gasteiger partial charge on any atom is -0.368 e. The standard InChI is InChI=1S/C24H30F4NO3P/c1-3-5-16-31-33(30,32-17-6-4-2)23(15-12-19-10-13-21(25)14-11-19)29-22-9-7-8-20(18-22)24(26,27)28/h7-15,18,23,29H,3-6,16-17H2,1-2H3/b15-12+/t23-/m0/s1. The van der Waals surface area contributed by atoms with Crippen LogP contribution in [-0.2, 0) is 19.8 Å². The Morgan fingerprint density at radius 1 is 1.00 bits per heavy atom. The Morgan fingerprint density at radius 3 is 2.15 bits per heavy atom. The van der Waals surface area contributed by atoms with E-state index in [0.29, 0.717) is 18.4 Å². The van der Waals surface area contributed by atoms with E-state index in [9.17, 15) is 22.1 Å². The molecule has 4 nitrogen and oxygen atoms in total. The average molecular weight is 487 g/mol. The second kappa shape index (κ2) is 12.9. The highest BCUT2D eigenvalue weighted by atomic mass is 31.2. The van der Waals surface area contributed by atoms with Gasteiger partial charge in [0.1, 0.15) is 11.6 Å². The van der Waals surface area contributed by atoms with Crippen molar-refractivity contribution >= 4 is 19.4 Å². The van der Waals surface area contributed by atoms with Crippen molar-refractivity contribution in [1.82, 2.24) is 0 Å². The smallest absolute Gasteiger partial charge is 0.368 e. The van der Waals surface area contributed by atoms with Crippen LogP contribution in [0.5, 0.6) is 0 Å². The third kappa shape index (κ3) is 8.95. The lowest BCUT2D eigenvalue weighted by atomic mass is 10.2. The average Bonchev–Trinajstić information content (AvgIpc) is 2.78. The van der Waals surface area contributed by atoms with E-state index in [1.807, 2.05) is 13.8 Å². The summed E-state index contributed by atoms with van der Waals surface area (Å²) in [4.78, 5) is 0. The number of halogens is 4. The molecule has 0 unspecified atom stereocenters. The van der Waals surface area contributed by atoms with Gasteiger partial charge in [0, 0.05) is 5.69 Å². The molecule has 0 aliphatic rings. The molecule has 0 bridgehead atoms. The fraction of sp³-hybridized carbons (Fsp3) is 0.417. The van der Waals surface area contributed by atoms with Crippen LogP contribution in [0.1, 0.15) is 50.7 Å². The molecule has 0 aliphatic carbocycles. The molecule has 2 aromatic rings. The van der Waals surface area contributed by atoms with E-state index in [1.54, 1.807) is 6.08 Å². The summed E-state index contributed by atoms with van der Waals surface area (Å²) in [6.45, 7) is 4.29. The van der Waals surface area contributed by atoms with Crippen LogP contribution in [0, 0.1) is 5.82 Å². The molecule has 0 amide bonds. The summed E-state index contributed by atoms with van der Waals surface area (Å²) in [5, 5.41) is 2.89. The van der Waals surface area contributed by atoms with Crippen LogP contribution in [0.25, 0.3) is 6.08 Å². The quantitative estimate of drug-likeness (QED) is 0.176. The molecule has 0 heterocycles. The summed E-state index contributed by atoms with van der Waals surface area (Å²) in [5.74, 6) is -1.46. The molecule has 9 heteroatoms. The highest BCUT2D eigenvalue weighted by molar-refractivity contribution is 7.55. The van der Waals surface area contributed by atoms with Gasteiger partial charge in [-0.2, -0.15) is 13.2 Å². The molecular formula is C24H30F4NO3P. The van der Waals surface area contributed by atoms with Crippen LogP contribution in [0.2, 0.25) is 0 Å². The van der Waals surface area contributed by atoms with Crippen molar-refractivity contribution in [3.05, 3.63) is 71.6 Å². The second-order valence-corrected chi connectivity index (χ2v) is 9.64. The van der Waals surface area contributed by atoms with Crippen molar-refractivity contribution in [1.29, 1.82) is 0 Å². The number of anilines is 1. The number of rotatable bonds is 13. The van der Waals surface area contributed by atoms with Gasteiger partial charge in [-0.1, -0.05) is 51.0 Å². The van der Waals surface area contributed by atoms with E-state index in [2.05, 4.69) is 5.32 Å². The first kappa shape index (κ1) is 27.1. The van der Waals surface area contributed by atoms with Crippen molar-refractivity contribution in [2.45, 2.75) is 51.5 Å². The summed E-state index contributed by atoms with van der Waals surface area (Å²) in [7, 11) is -3.81. The van der Waals surface area contributed by atoms with E-state index in [0.717, 1.165) is 25.0 Å². The van der Waals surface area contributed by atoms with Gasteiger partial charge in [0.2, 0.25) is 0 Å². The summed E-state index contributed by atoms with van der Waals surface area (Å²) < 4.78 is 77.9. The molecule has 0 spiro atoms. The SMILES string of the molecule is CCCCOP(=O)(OCCCC)[C@@H](/C=C/c1ccc(F)cc1)Nc1cccc(C(F)(F)F)c1. The van der Waals surface area contributed by atoms with Crippen molar-refractivity contribution in [3.8, 4) is 0 Å². The summed E-state index contributed by atoms with van der Waals surface area (Å²) in [6, 6.07) is 10.3. The molecule has 0 aliphatic heterocycles. The second-order valence-electron chi connectivity index (χ2n) is 7.49. The van der Waals surface area contributed by atoms with Crippen LogP contribution in [0.15, 0.2) is 54.6 Å². The van der Waals surface area contributed by atoms with E-state index >= 15 is 0 Å². The number of hydrogen-bond donors (Lipinski definition) is 1. The first-order valence-corrected chi connectivity index (χ1v) is 12.6. The Balaban J connectivity index is 2.39. The lowest BCUT2D eigenvalue weighted by Crippen LogP contribution is -2.21.